The van der Waals surface area contributed by atoms with E-state index >= 15 is 0 Å². The van der Waals surface area contributed by atoms with E-state index in [1.807, 2.05) is 7.05 Å². The summed E-state index contributed by atoms with van der Waals surface area (Å²) in [6.07, 6.45) is 7.58. The lowest BCUT2D eigenvalue weighted by atomic mass is 9.80. The maximum Gasteiger partial charge on any atom is 0.294 e. The highest BCUT2D eigenvalue weighted by Crippen LogP contribution is 2.44. The van der Waals surface area contributed by atoms with Crippen LogP contribution in [-0.2, 0) is 4.79 Å². The van der Waals surface area contributed by atoms with Crippen molar-refractivity contribution in [2.24, 2.45) is 0 Å². The Balaban J connectivity index is 2.02. The van der Waals surface area contributed by atoms with Gasteiger partial charge in [-0.2, -0.15) is 0 Å². The lowest BCUT2D eigenvalue weighted by molar-refractivity contribution is -0.122. The molecule has 1 aromatic rings. The topological polar surface area (TPSA) is 40.6 Å². The minimum atomic E-state index is -0.471. The molecule has 136 valence electrons. The van der Waals surface area contributed by atoms with E-state index in [0.717, 1.165) is 34.3 Å². The highest BCUT2D eigenvalue weighted by molar-refractivity contribution is 8.18. The van der Waals surface area contributed by atoms with Gasteiger partial charge in [0, 0.05) is 23.8 Å². The van der Waals surface area contributed by atoms with Gasteiger partial charge < -0.3 is 4.90 Å². The van der Waals surface area contributed by atoms with Crippen LogP contribution in [0.2, 0.25) is 0 Å². The number of terminal acetylenes is 1. The van der Waals surface area contributed by atoms with Gasteiger partial charge in [0.2, 0.25) is 0 Å². The normalized spacial score (nSPS) is 23.4. The smallest absolute Gasteiger partial charge is 0.294 e. The zero-order valence-electron chi connectivity index (χ0n) is 15.3. The van der Waals surface area contributed by atoms with Crippen molar-refractivity contribution in [2.45, 2.75) is 38.6 Å². The average Bonchev–Trinajstić information content (AvgIpc) is 2.82. The van der Waals surface area contributed by atoms with Crippen molar-refractivity contribution in [3.8, 4) is 12.3 Å². The van der Waals surface area contributed by atoms with Crippen molar-refractivity contribution in [2.75, 3.05) is 18.5 Å². The maximum absolute atomic E-state index is 14.7. The fraction of sp³-hybridized carbons (Fsp3) is 0.400. The van der Waals surface area contributed by atoms with Crippen LogP contribution < -0.4 is 4.90 Å². The van der Waals surface area contributed by atoms with Crippen LogP contribution in [0.5, 0.6) is 0 Å². The highest BCUT2D eigenvalue weighted by atomic mass is 32.2. The Morgan fingerprint density at radius 1 is 1.42 bits per heavy atom. The molecule has 6 heteroatoms. The number of benzene rings is 1. The predicted molar refractivity (Wildman–Crippen MR) is 103 cm³/mol. The summed E-state index contributed by atoms with van der Waals surface area (Å²) in [5, 5.41) is -0.424. The van der Waals surface area contributed by atoms with E-state index in [1.165, 1.54) is 12.1 Å². The Morgan fingerprint density at radius 3 is 2.77 bits per heavy atom. The zero-order chi connectivity index (χ0) is 19.2. The van der Waals surface area contributed by atoms with Crippen LogP contribution in [-0.4, -0.2) is 35.2 Å². The quantitative estimate of drug-likeness (QED) is 0.576. The molecule has 0 spiro atoms. The third-order valence-corrected chi connectivity index (χ3v) is 6.07. The number of carbonyl (C=O) groups excluding carboxylic acids is 2. The Bertz CT molecular complexity index is 869. The lowest BCUT2D eigenvalue weighted by Crippen LogP contribution is -2.45. The fourth-order valence-corrected chi connectivity index (χ4v) is 4.41. The highest BCUT2D eigenvalue weighted by Gasteiger charge is 2.36. The number of nitrogens with zero attached hydrogens (tertiary/aromatic N) is 2. The zero-order valence-corrected chi connectivity index (χ0v) is 16.1. The standard InChI is InChI=1S/C20H21FN2O2S/c1-6-7-23-18(24)17(26-19(23)25)9-13-8-14-12(2)11-20(3,4)22(5)16(14)10-15(13)21/h1,8-10,12H,7,11H2,2-5H3/b17-9+. The van der Waals surface area contributed by atoms with Crippen molar-refractivity contribution in [1.82, 2.24) is 4.90 Å². The fourth-order valence-electron chi connectivity index (χ4n) is 3.58. The van der Waals surface area contributed by atoms with E-state index in [-0.39, 0.29) is 22.9 Å². The number of thioether (sulfide) groups is 1. The molecule has 0 aliphatic carbocycles. The van der Waals surface area contributed by atoms with E-state index in [1.54, 1.807) is 6.07 Å². The molecule has 0 aromatic heterocycles. The van der Waals surface area contributed by atoms with E-state index in [9.17, 15) is 14.0 Å². The minimum Gasteiger partial charge on any atom is -0.369 e. The van der Waals surface area contributed by atoms with Gasteiger partial charge >= 0.3 is 0 Å². The lowest BCUT2D eigenvalue weighted by Gasteiger charge is -2.45. The molecular weight excluding hydrogens is 351 g/mol. The monoisotopic (exact) mass is 372 g/mol. The molecule has 1 saturated heterocycles. The molecule has 0 bridgehead atoms. The molecule has 2 amide bonds. The number of rotatable bonds is 2. The summed E-state index contributed by atoms with van der Waals surface area (Å²) in [5.74, 6) is 1.67. The Kier molecular flexibility index (Phi) is 4.61. The number of hydrogen-bond donors (Lipinski definition) is 0. The van der Waals surface area contributed by atoms with Crippen molar-refractivity contribution < 1.29 is 14.0 Å². The van der Waals surface area contributed by atoms with Crippen LogP contribution in [0.4, 0.5) is 14.9 Å². The molecule has 2 aliphatic rings. The van der Waals surface area contributed by atoms with Crippen LogP contribution in [0.15, 0.2) is 17.0 Å². The van der Waals surface area contributed by atoms with E-state index < -0.39 is 17.0 Å². The summed E-state index contributed by atoms with van der Waals surface area (Å²) < 4.78 is 14.7. The number of halogens is 1. The van der Waals surface area contributed by atoms with Gasteiger partial charge in [-0.3, -0.25) is 14.5 Å². The summed E-state index contributed by atoms with van der Waals surface area (Å²) in [4.78, 5) is 27.5. The van der Waals surface area contributed by atoms with Gasteiger partial charge in [0.05, 0.1) is 11.4 Å². The van der Waals surface area contributed by atoms with E-state index in [4.69, 9.17) is 6.42 Å². The van der Waals surface area contributed by atoms with Gasteiger partial charge in [-0.1, -0.05) is 12.8 Å². The third kappa shape index (κ3) is 3.01. The molecule has 0 radical (unpaired) electrons. The van der Waals surface area contributed by atoms with Gasteiger partial charge in [-0.25, -0.2) is 4.39 Å². The molecule has 26 heavy (non-hydrogen) atoms. The van der Waals surface area contributed by atoms with E-state index in [2.05, 4.69) is 31.6 Å². The molecule has 2 aliphatic heterocycles. The third-order valence-electron chi connectivity index (χ3n) is 5.16. The van der Waals surface area contributed by atoms with Crippen molar-refractivity contribution in [3.63, 3.8) is 0 Å². The predicted octanol–water partition coefficient (Wildman–Crippen LogP) is 4.22. The number of fused-ring (bicyclic) bond motifs is 1. The summed E-state index contributed by atoms with van der Waals surface area (Å²) in [7, 11) is 1.97. The van der Waals surface area contributed by atoms with Gasteiger partial charge in [0.15, 0.2) is 0 Å². The van der Waals surface area contributed by atoms with Crippen LogP contribution in [0.3, 0.4) is 0 Å². The second-order valence-corrected chi connectivity index (χ2v) is 8.37. The number of imide groups is 1. The Morgan fingerprint density at radius 2 is 2.12 bits per heavy atom. The largest absolute Gasteiger partial charge is 0.369 e. The molecule has 1 aromatic carbocycles. The van der Waals surface area contributed by atoms with Gasteiger partial charge in [0.1, 0.15) is 5.82 Å². The van der Waals surface area contributed by atoms with E-state index in [0.29, 0.717) is 5.56 Å². The molecule has 3 rings (SSSR count). The maximum atomic E-state index is 14.7. The summed E-state index contributed by atoms with van der Waals surface area (Å²) >= 11 is 0.790. The molecule has 0 saturated carbocycles. The first kappa shape index (κ1) is 18.5. The first-order valence-corrected chi connectivity index (χ1v) is 9.23. The van der Waals surface area contributed by atoms with Gasteiger partial charge in [0.25, 0.3) is 11.1 Å². The molecule has 1 fully saturated rings. The summed E-state index contributed by atoms with van der Waals surface area (Å²) in [6.45, 7) is 6.32. The van der Waals surface area contributed by atoms with Crippen molar-refractivity contribution >= 4 is 34.7 Å². The van der Waals surface area contributed by atoms with Crippen LogP contribution >= 0.6 is 11.8 Å². The molecule has 2 heterocycles. The number of carbonyl (C=O) groups is 2. The first-order chi connectivity index (χ1) is 12.2. The molecular formula is C20H21FN2O2S. The first-order valence-electron chi connectivity index (χ1n) is 8.42. The number of hydrogen-bond acceptors (Lipinski definition) is 4. The minimum absolute atomic E-state index is 0.0573. The second kappa shape index (κ2) is 6.48. The average molecular weight is 372 g/mol. The van der Waals surface area contributed by atoms with Crippen LogP contribution in [0.25, 0.3) is 6.08 Å². The summed E-state index contributed by atoms with van der Waals surface area (Å²) in [5.41, 5.74) is 2.17. The van der Waals surface area contributed by atoms with Crippen molar-refractivity contribution in [1.29, 1.82) is 0 Å². The number of amides is 2. The molecule has 4 nitrogen and oxygen atoms in total. The van der Waals surface area contributed by atoms with Gasteiger partial charge in [-0.05, 0) is 61.7 Å². The summed E-state index contributed by atoms with van der Waals surface area (Å²) in [6, 6.07) is 3.31. The van der Waals surface area contributed by atoms with Crippen LogP contribution in [0, 0.1) is 18.2 Å². The van der Waals surface area contributed by atoms with Gasteiger partial charge in [-0.15, -0.1) is 6.42 Å². The second-order valence-electron chi connectivity index (χ2n) is 7.38. The Labute approximate surface area is 157 Å². The van der Waals surface area contributed by atoms with Crippen molar-refractivity contribution in [3.05, 3.63) is 34.0 Å². The molecule has 1 atom stereocenters. The molecule has 1 unspecified atom stereocenters. The van der Waals surface area contributed by atoms with Crippen LogP contribution in [0.1, 0.15) is 44.2 Å². The number of anilines is 1. The Hall–Kier alpha value is -2.26. The molecule has 0 N–H and O–H groups in total. The SMILES string of the molecule is C#CCN1C(=O)S/C(=C/c2cc3c(cc2F)N(C)C(C)(C)CC3C)C1=O.